The average Bonchev–Trinajstić information content (AvgIpc) is 2.62. The van der Waals surface area contributed by atoms with Crippen molar-refractivity contribution in [3.05, 3.63) is 101 Å². The van der Waals surface area contributed by atoms with Gasteiger partial charge in [0.05, 0.1) is 11.2 Å². The second kappa shape index (κ2) is 5.98. The van der Waals surface area contributed by atoms with E-state index in [1.165, 1.54) is 18.2 Å². The number of halogens is 2. The highest BCUT2D eigenvalue weighted by atomic mass is 19.1. The third kappa shape index (κ3) is 2.72. The maximum Gasteiger partial charge on any atom is 0.189 e. The third-order valence-corrected chi connectivity index (χ3v) is 4.14. The largest absolute Gasteiger partial charge is 0.316 e. The van der Waals surface area contributed by atoms with Gasteiger partial charge in [0, 0.05) is 29.3 Å². The fourth-order valence-corrected chi connectivity index (χ4v) is 3.05. The monoisotopic (exact) mass is 333 g/mol. The lowest BCUT2D eigenvalue weighted by atomic mass is 10.0. The average molecular weight is 333 g/mol. The van der Waals surface area contributed by atoms with Crippen molar-refractivity contribution >= 4 is 10.9 Å². The van der Waals surface area contributed by atoms with Crippen LogP contribution in [0.1, 0.15) is 0 Å². The highest BCUT2D eigenvalue weighted by Crippen LogP contribution is 2.29. The van der Waals surface area contributed by atoms with E-state index in [1.54, 1.807) is 18.3 Å². The van der Waals surface area contributed by atoms with Crippen molar-refractivity contribution in [2.45, 2.75) is 0 Å². The van der Waals surface area contributed by atoms with Crippen LogP contribution in [0.5, 0.6) is 0 Å². The summed E-state index contributed by atoms with van der Waals surface area (Å²) in [6, 6.07) is 19.5. The number of para-hydroxylation sites is 2. The Bertz CT molecular complexity index is 1130. The lowest BCUT2D eigenvalue weighted by Crippen LogP contribution is -2.07. The Balaban J connectivity index is 2.03. The van der Waals surface area contributed by atoms with Gasteiger partial charge in [-0.1, -0.05) is 30.3 Å². The van der Waals surface area contributed by atoms with Crippen LogP contribution in [-0.2, 0) is 0 Å². The van der Waals surface area contributed by atoms with E-state index in [0.717, 1.165) is 17.3 Å². The van der Waals surface area contributed by atoms with Gasteiger partial charge in [0.15, 0.2) is 5.43 Å². The Kier molecular flexibility index (Phi) is 3.65. The van der Waals surface area contributed by atoms with Crippen LogP contribution >= 0.6 is 0 Å². The predicted octanol–water partition coefficient (Wildman–Crippen LogP) is 4.94. The molecule has 0 atom stereocenters. The quantitative estimate of drug-likeness (QED) is 0.509. The van der Waals surface area contributed by atoms with Gasteiger partial charge in [-0.15, -0.1) is 0 Å². The lowest BCUT2D eigenvalue weighted by Gasteiger charge is -2.15. The number of hydrogen-bond donors (Lipinski definition) is 0. The Morgan fingerprint density at radius 1 is 0.760 bits per heavy atom. The number of aromatic nitrogens is 1. The number of hydrogen-bond acceptors (Lipinski definition) is 1. The maximum absolute atomic E-state index is 13.7. The summed E-state index contributed by atoms with van der Waals surface area (Å²) >= 11 is 0. The first-order valence-corrected chi connectivity index (χ1v) is 7.80. The Morgan fingerprint density at radius 2 is 1.44 bits per heavy atom. The second-order valence-corrected chi connectivity index (χ2v) is 5.74. The van der Waals surface area contributed by atoms with Gasteiger partial charge in [-0.3, -0.25) is 4.79 Å². The smallest absolute Gasteiger partial charge is 0.189 e. The minimum absolute atomic E-state index is 0.0684. The number of nitrogens with zero attached hydrogens (tertiary/aromatic N) is 1. The predicted molar refractivity (Wildman–Crippen MR) is 94.9 cm³/mol. The van der Waals surface area contributed by atoms with E-state index in [1.807, 2.05) is 41.0 Å². The molecular weight excluding hydrogens is 320 g/mol. The van der Waals surface area contributed by atoms with Crippen LogP contribution in [0.2, 0.25) is 0 Å². The van der Waals surface area contributed by atoms with Gasteiger partial charge in [-0.05, 0) is 35.9 Å². The summed E-state index contributed by atoms with van der Waals surface area (Å²) in [6.45, 7) is 0. The summed E-state index contributed by atoms with van der Waals surface area (Å²) < 4.78 is 29.2. The van der Waals surface area contributed by atoms with Crippen molar-refractivity contribution in [2.75, 3.05) is 0 Å². The van der Waals surface area contributed by atoms with Gasteiger partial charge < -0.3 is 4.57 Å². The minimum atomic E-state index is -0.630. The molecule has 3 aromatic carbocycles. The molecule has 0 fully saturated rings. The van der Waals surface area contributed by atoms with Crippen molar-refractivity contribution in [1.82, 2.24) is 4.57 Å². The summed E-state index contributed by atoms with van der Waals surface area (Å²) in [6.07, 6.45) is 1.68. The molecule has 2 nitrogen and oxygen atoms in total. The number of fused-ring (bicyclic) bond motifs is 1. The topological polar surface area (TPSA) is 22.0 Å². The van der Waals surface area contributed by atoms with Crippen molar-refractivity contribution in [3.63, 3.8) is 0 Å². The van der Waals surface area contributed by atoms with E-state index < -0.39 is 11.6 Å². The second-order valence-electron chi connectivity index (χ2n) is 5.74. The zero-order valence-electron chi connectivity index (χ0n) is 13.1. The summed E-state index contributed by atoms with van der Waals surface area (Å²) in [7, 11) is 0. The molecule has 0 bridgehead atoms. The molecule has 4 rings (SSSR count). The van der Waals surface area contributed by atoms with E-state index in [0.29, 0.717) is 16.5 Å². The van der Waals surface area contributed by atoms with E-state index in [4.69, 9.17) is 0 Å². The molecule has 1 aromatic heterocycles. The molecule has 0 aliphatic heterocycles. The summed E-state index contributed by atoms with van der Waals surface area (Å²) in [5.74, 6) is -1.26. The van der Waals surface area contributed by atoms with Crippen molar-refractivity contribution in [3.8, 4) is 16.8 Å². The van der Waals surface area contributed by atoms with Crippen molar-refractivity contribution in [2.24, 2.45) is 0 Å². The lowest BCUT2D eigenvalue weighted by molar-refractivity contribution is 0.584. The third-order valence-electron chi connectivity index (χ3n) is 4.14. The minimum Gasteiger partial charge on any atom is -0.316 e. The highest BCUT2D eigenvalue weighted by molar-refractivity contribution is 5.83. The number of pyridine rings is 1. The van der Waals surface area contributed by atoms with E-state index in [-0.39, 0.29) is 5.43 Å². The van der Waals surface area contributed by atoms with Crippen LogP contribution < -0.4 is 5.43 Å². The Morgan fingerprint density at radius 3 is 2.24 bits per heavy atom. The van der Waals surface area contributed by atoms with Gasteiger partial charge in [0.1, 0.15) is 11.6 Å². The summed E-state index contributed by atoms with van der Waals surface area (Å²) in [5, 5.41) is 0.588. The molecule has 1 heterocycles. The molecule has 0 N–H and O–H groups in total. The molecule has 0 unspecified atom stereocenters. The SMILES string of the molecule is O=c1ccn(-c2ccccc2-c2cc(F)cc(F)c2)c2ccccc12. The molecule has 0 saturated heterocycles. The zero-order chi connectivity index (χ0) is 17.4. The molecule has 4 heteroatoms. The Hall–Kier alpha value is -3.27. The maximum atomic E-state index is 13.7. The molecule has 0 aliphatic carbocycles. The first-order chi connectivity index (χ1) is 12.1. The first-order valence-electron chi connectivity index (χ1n) is 7.80. The number of benzene rings is 3. The Labute approximate surface area is 142 Å². The summed E-state index contributed by atoms with van der Waals surface area (Å²) in [4.78, 5) is 12.1. The standard InChI is InChI=1S/C21H13F2NO/c22-15-11-14(12-16(23)13-15)17-5-1-3-7-19(17)24-10-9-21(25)18-6-2-4-8-20(18)24/h1-13H. The van der Waals surface area contributed by atoms with E-state index >= 15 is 0 Å². The zero-order valence-corrected chi connectivity index (χ0v) is 13.1. The van der Waals surface area contributed by atoms with Gasteiger partial charge in [0.25, 0.3) is 0 Å². The molecule has 4 aromatic rings. The van der Waals surface area contributed by atoms with Gasteiger partial charge in [0.2, 0.25) is 0 Å². The normalized spacial score (nSPS) is 11.0. The van der Waals surface area contributed by atoms with Gasteiger partial charge >= 0.3 is 0 Å². The fraction of sp³-hybridized carbons (Fsp3) is 0. The van der Waals surface area contributed by atoms with Crippen LogP contribution in [0.3, 0.4) is 0 Å². The molecule has 122 valence electrons. The van der Waals surface area contributed by atoms with Crippen LogP contribution in [0.15, 0.2) is 83.8 Å². The molecule has 0 spiro atoms. The molecular formula is C21H13F2NO. The van der Waals surface area contributed by atoms with Crippen LogP contribution in [0.25, 0.3) is 27.7 Å². The molecule has 25 heavy (non-hydrogen) atoms. The van der Waals surface area contributed by atoms with Crippen LogP contribution in [0, 0.1) is 11.6 Å². The van der Waals surface area contributed by atoms with Crippen LogP contribution in [-0.4, -0.2) is 4.57 Å². The van der Waals surface area contributed by atoms with E-state index in [9.17, 15) is 13.6 Å². The van der Waals surface area contributed by atoms with Crippen molar-refractivity contribution < 1.29 is 8.78 Å². The molecule has 0 amide bonds. The van der Waals surface area contributed by atoms with Crippen molar-refractivity contribution in [1.29, 1.82) is 0 Å². The fourth-order valence-electron chi connectivity index (χ4n) is 3.05. The number of rotatable bonds is 2. The first kappa shape index (κ1) is 15.3. The molecule has 0 saturated carbocycles. The highest BCUT2D eigenvalue weighted by Gasteiger charge is 2.11. The van der Waals surface area contributed by atoms with Gasteiger partial charge in [-0.25, -0.2) is 8.78 Å². The molecule has 0 aliphatic rings. The molecule has 0 radical (unpaired) electrons. The van der Waals surface area contributed by atoms with Gasteiger partial charge in [-0.2, -0.15) is 0 Å². The van der Waals surface area contributed by atoms with E-state index in [2.05, 4.69) is 0 Å². The van der Waals surface area contributed by atoms with Crippen LogP contribution in [0.4, 0.5) is 8.78 Å². The summed E-state index contributed by atoms with van der Waals surface area (Å²) in [5.41, 5.74) is 2.52.